The van der Waals surface area contributed by atoms with Gasteiger partial charge in [-0.05, 0) is 61.5 Å². The molecule has 0 saturated carbocycles. The fourth-order valence-electron chi connectivity index (χ4n) is 3.68. The lowest BCUT2D eigenvalue weighted by molar-refractivity contribution is -0.136. The summed E-state index contributed by atoms with van der Waals surface area (Å²) >= 11 is 5.68. The maximum Gasteiger partial charge on any atom is 0.337 e. The number of thiocarbonyl (C=S) groups is 1. The van der Waals surface area contributed by atoms with E-state index in [2.05, 4.69) is 5.32 Å². The van der Waals surface area contributed by atoms with Crippen molar-refractivity contribution in [1.29, 1.82) is 0 Å². The van der Waals surface area contributed by atoms with Crippen LogP contribution in [0, 0.1) is 6.92 Å². The zero-order valence-corrected chi connectivity index (χ0v) is 17.3. The standard InChI is InChI=1S/C22H22N2O4S/c1-13-5-4-6-16(11-13)24-14(2)19(21(25)26-3)20(23-22(24)29)15-7-8-17-18(12-15)28-10-9-27-17/h4-8,11-12,20H,9-10H2,1-3H3,(H,23,29)/t20-/m0/s1. The van der Waals surface area contributed by atoms with E-state index in [-0.39, 0.29) is 0 Å². The monoisotopic (exact) mass is 410 g/mol. The highest BCUT2D eigenvalue weighted by molar-refractivity contribution is 7.80. The number of rotatable bonds is 3. The van der Waals surface area contributed by atoms with Gasteiger partial charge in [0.05, 0.1) is 18.7 Å². The Morgan fingerprint density at radius 3 is 2.62 bits per heavy atom. The topological polar surface area (TPSA) is 60.0 Å². The molecule has 4 rings (SSSR count). The van der Waals surface area contributed by atoms with E-state index in [9.17, 15) is 4.79 Å². The molecule has 0 aromatic heterocycles. The second-order valence-electron chi connectivity index (χ2n) is 6.95. The van der Waals surface area contributed by atoms with Crippen LogP contribution in [0.1, 0.15) is 24.1 Å². The molecule has 0 amide bonds. The van der Waals surface area contributed by atoms with Crippen LogP contribution < -0.4 is 19.7 Å². The lowest BCUT2D eigenvalue weighted by Gasteiger charge is -2.37. The summed E-state index contributed by atoms with van der Waals surface area (Å²) in [7, 11) is 1.38. The molecule has 0 aliphatic carbocycles. The summed E-state index contributed by atoms with van der Waals surface area (Å²) in [6.45, 7) is 4.91. The van der Waals surface area contributed by atoms with Gasteiger partial charge in [0, 0.05) is 11.4 Å². The summed E-state index contributed by atoms with van der Waals surface area (Å²) in [5.41, 5.74) is 4.07. The van der Waals surface area contributed by atoms with Crippen molar-refractivity contribution in [2.45, 2.75) is 19.9 Å². The quantitative estimate of drug-likeness (QED) is 0.612. The minimum atomic E-state index is -0.452. The molecule has 2 heterocycles. The van der Waals surface area contributed by atoms with Crippen LogP contribution >= 0.6 is 12.2 Å². The Bertz CT molecular complexity index is 1020. The highest BCUT2D eigenvalue weighted by Crippen LogP contribution is 2.38. The molecule has 150 valence electrons. The van der Waals surface area contributed by atoms with Crippen LogP contribution in [0.5, 0.6) is 11.5 Å². The third-order valence-electron chi connectivity index (χ3n) is 5.05. The summed E-state index contributed by atoms with van der Waals surface area (Å²) in [5.74, 6) is 0.944. The molecule has 2 aromatic rings. The van der Waals surface area contributed by atoms with Gasteiger partial charge in [-0.15, -0.1) is 0 Å². The first-order valence-electron chi connectivity index (χ1n) is 9.35. The number of carbonyl (C=O) groups excluding carboxylic acids is 1. The van der Waals surface area contributed by atoms with E-state index in [0.717, 1.165) is 22.5 Å². The van der Waals surface area contributed by atoms with E-state index in [0.29, 0.717) is 35.4 Å². The minimum Gasteiger partial charge on any atom is -0.486 e. The van der Waals surface area contributed by atoms with Gasteiger partial charge in [-0.2, -0.15) is 0 Å². The Morgan fingerprint density at radius 1 is 1.14 bits per heavy atom. The highest BCUT2D eigenvalue weighted by atomic mass is 32.1. The molecule has 1 atom stereocenters. The number of benzene rings is 2. The van der Waals surface area contributed by atoms with Crippen LogP contribution in [0.15, 0.2) is 53.7 Å². The summed E-state index contributed by atoms with van der Waals surface area (Å²) in [6, 6.07) is 13.2. The lowest BCUT2D eigenvalue weighted by Crippen LogP contribution is -2.48. The SMILES string of the molecule is COC(=O)C1=C(C)N(c2cccc(C)c2)C(=S)N[C@H]1c1ccc2c(c1)OCCO2. The molecule has 0 bridgehead atoms. The van der Waals surface area contributed by atoms with E-state index in [1.165, 1.54) is 7.11 Å². The summed E-state index contributed by atoms with van der Waals surface area (Å²) < 4.78 is 16.4. The van der Waals surface area contributed by atoms with Crippen molar-refractivity contribution in [2.75, 3.05) is 25.2 Å². The molecule has 0 spiro atoms. The van der Waals surface area contributed by atoms with Crippen LogP contribution in [0.25, 0.3) is 0 Å². The molecule has 0 saturated heterocycles. The molecule has 6 nitrogen and oxygen atoms in total. The van der Waals surface area contributed by atoms with Gasteiger partial charge < -0.3 is 19.5 Å². The van der Waals surface area contributed by atoms with Gasteiger partial charge >= 0.3 is 5.97 Å². The number of ether oxygens (including phenoxy) is 3. The van der Waals surface area contributed by atoms with Crippen molar-refractivity contribution in [1.82, 2.24) is 5.32 Å². The van der Waals surface area contributed by atoms with E-state index < -0.39 is 12.0 Å². The number of carbonyl (C=O) groups is 1. The van der Waals surface area contributed by atoms with Crippen molar-refractivity contribution < 1.29 is 19.0 Å². The summed E-state index contributed by atoms with van der Waals surface area (Å²) in [4.78, 5) is 14.6. The Balaban J connectivity index is 1.81. The Kier molecular flexibility index (Phi) is 5.15. The predicted molar refractivity (Wildman–Crippen MR) is 114 cm³/mol. The number of fused-ring (bicyclic) bond motifs is 1. The molecule has 0 unspecified atom stereocenters. The first-order valence-corrected chi connectivity index (χ1v) is 9.76. The normalized spacial score (nSPS) is 18.4. The highest BCUT2D eigenvalue weighted by Gasteiger charge is 2.35. The largest absolute Gasteiger partial charge is 0.486 e. The summed E-state index contributed by atoms with van der Waals surface area (Å²) in [6.07, 6.45) is 0. The number of aryl methyl sites for hydroxylation is 1. The van der Waals surface area contributed by atoms with Gasteiger partial charge in [-0.3, -0.25) is 4.90 Å². The second kappa shape index (κ2) is 7.75. The molecule has 1 N–H and O–H groups in total. The van der Waals surface area contributed by atoms with Crippen LogP contribution in [0.3, 0.4) is 0 Å². The van der Waals surface area contributed by atoms with E-state index >= 15 is 0 Å². The van der Waals surface area contributed by atoms with Crippen LogP contribution in [0.2, 0.25) is 0 Å². The maximum absolute atomic E-state index is 12.8. The van der Waals surface area contributed by atoms with E-state index in [1.807, 2.05) is 61.2 Å². The van der Waals surface area contributed by atoms with Gasteiger partial charge in [0.1, 0.15) is 13.2 Å². The number of nitrogens with zero attached hydrogens (tertiary/aromatic N) is 1. The predicted octanol–water partition coefficient (Wildman–Crippen LogP) is 3.65. The van der Waals surface area contributed by atoms with Crippen molar-refractivity contribution in [3.05, 3.63) is 64.9 Å². The zero-order valence-electron chi connectivity index (χ0n) is 16.5. The Morgan fingerprint density at radius 2 is 1.90 bits per heavy atom. The fraction of sp³-hybridized carbons (Fsp3) is 0.273. The molecule has 0 radical (unpaired) electrons. The molecule has 2 aliphatic rings. The number of methoxy groups -OCH3 is 1. The molecular weight excluding hydrogens is 388 g/mol. The zero-order chi connectivity index (χ0) is 20.5. The minimum absolute atomic E-state index is 0.407. The molecule has 7 heteroatoms. The number of esters is 1. The number of nitrogens with one attached hydrogen (secondary N) is 1. The van der Waals surface area contributed by atoms with Crippen LogP contribution in [-0.2, 0) is 9.53 Å². The van der Waals surface area contributed by atoms with Crippen molar-refractivity contribution in [3.63, 3.8) is 0 Å². The average molecular weight is 410 g/mol. The summed E-state index contributed by atoms with van der Waals surface area (Å²) in [5, 5.41) is 3.82. The van der Waals surface area contributed by atoms with Gasteiger partial charge in [0.25, 0.3) is 0 Å². The maximum atomic E-state index is 12.8. The number of hydrogen-bond donors (Lipinski definition) is 1. The van der Waals surface area contributed by atoms with Crippen molar-refractivity contribution in [2.24, 2.45) is 0 Å². The molecule has 2 aliphatic heterocycles. The second-order valence-corrected chi connectivity index (χ2v) is 7.34. The third kappa shape index (κ3) is 3.53. The smallest absolute Gasteiger partial charge is 0.337 e. The Labute approximate surface area is 175 Å². The average Bonchev–Trinajstić information content (AvgIpc) is 2.72. The molecule has 2 aromatic carbocycles. The number of anilines is 1. The van der Waals surface area contributed by atoms with Gasteiger partial charge in [0.15, 0.2) is 16.6 Å². The van der Waals surface area contributed by atoms with E-state index in [1.54, 1.807) is 0 Å². The van der Waals surface area contributed by atoms with E-state index in [4.69, 9.17) is 26.4 Å². The van der Waals surface area contributed by atoms with Crippen LogP contribution in [-0.4, -0.2) is 31.4 Å². The van der Waals surface area contributed by atoms with Gasteiger partial charge in [0.2, 0.25) is 0 Å². The van der Waals surface area contributed by atoms with Gasteiger partial charge in [-0.1, -0.05) is 18.2 Å². The third-order valence-corrected chi connectivity index (χ3v) is 5.35. The fourth-order valence-corrected chi connectivity index (χ4v) is 4.05. The number of allylic oxidation sites excluding steroid dienone is 1. The Hall–Kier alpha value is -3.06. The molecular formula is C22H22N2O4S. The lowest BCUT2D eigenvalue weighted by atomic mass is 9.94. The van der Waals surface area contributed by atoms with Crippen LogP contribution in [0.4, 0.5) is 5.69 Å². The first-order chi connectivity index (χ1) is 14.0. The molecule has 29 heavy (non-hydrogen) atoms. The number of hydrogen-bond acceptors (Lipinski definition) is 5. The van der Waals surface area contributed by atoms with Gasteiger partial charge in [-0.25, -0.2) is 4.79 Å². The molecule has 0 fully saturated rings. The van der Waals surface area contributed by atoms with Crippen molar-refractivity contribution in [3.8, 4) is 11.5 Å². The first kappa shape index (κ1) is 19.3. The van der Waals surface area contributed by atoms with Crippen molar-refractivity contribution >= 4 is 29.0 Å².